The van der Waals surface area contributed by atoms with Gasteiger partial charge in [-0.05, 0) is 41.8 Å². The lowest BCUT2D eigenvalue weighted by molar-refractivity contribution is -0.146. The molecule has 6 heteroatoms. The maximum atomic E-state index is 13.7. The third kappa shape index (κ3) is 8.59. The summed E-state index contributed by atoms with van der Waals surface area (Å²) in [5.74, 6) is -0.340. The van der Waals surface area contributed by atoms with Gasteiger partial charge in [0.2, 0.25) is 11.8 Å². The fourth-order valence-corrected chi connectivity index (χ4v) is 4.31. The van der Waals surface area contributed by atoms with Gasteiger partial charge in [0.1, 0.15) is 5.82 Å². The standard InChI is InChI=1S/C31H40FN3O2/c1-5-6-10-19-34(30(37)31(2,3)4)24-29(36)35(22-25-12-8-7-9-13-25)23-28-14-11-20-33(28)21-26-15-17-27(32)18-16-26/h7-9,11-18,20H,5-6,10,19,21-24H2,1-4H3. The van der Waals surface area contributed by atoms with Crippen molar-refractivity contribution in [1.29, 1.82) is 0 Å². The Morgan fingerprint density at radius 3 is 2.19 bits per heavy atom. The number of carbonyl (C=O) groups excluding carboxylic acids is 2. The van der Waals surface area contributed by atoms with Gasteiger partial charge in [0.15, 0.2) is 0 Å². The molecule has 0 spiro atoms. The minimum atomic E-state index is -0.555. The lowest BCUT2D eigenvalue weighted by Gasteiger charge is -2.32. The Kier molecular flexibility index (Phi) is 10.1. The highest BCUT2D eigenvalue weighted by Gasteiger charge is 2.29. The van der Waals surface area contributed by atoms with E-state index in [0.29, 0.717) is 26.2 Å². The van der Waals surface area contributed by atoms with Crippen LogP contribution in [0.3, 0.4) is 0 Å². The molecule has 0 saturated carbocycles. The second kappa shape index (κ2) is 13.2. The zero-order valence-electron chi connectivity index (χ0n) is 22.6. The average Bonchev–Trinajstić information content (AvgIpc) is 3.30. The molecule has 0 aliphatic rings. The van der Waals surface area contributed by atoms with Gasteiger partial charge in [-0.3, -0.25) is 9.59 Å². The summed E-state index contributed by atoms with van der Waals surface area (Å²) in [6.45, 7) is 9.92. The van der Waals surface area contributed by atoms with E-state index in [9.17, 15) is 14.0 Å². The van der Waals surface area contributed by atoms with Gasteiger partial charge in [-0.1, -0.05) is 83.0 Å². The maximum Gasteiger partial charge on any atom is 0.242 e. The molecule has 37 heavy (non-hydrogen) atoms. The minimum absolute atomic E-state index is 0.00343. The number of hydrogen-bond donors (Lipinski definition) is 0. The molecule has 0 unspecified atom stereocenters. The van der Waals surface area contributed by atoms with E-state index in [1.54, 1.807) is 17.0 Å². The predicted molar refractivity (Wildman–Crippen MR) is 146 cm³/mol. The van der Waals surface area contributed by atoms with Crippen molar-refractivity contribution in [2.24, 2.45) is 5.41 Å². The molecule has 0 bridgehead atoms. The summed E-state index contributed by atoms with van der Waals surface area (Å²) < 4.78 is 15.4. The van der Waals surface area contributed by atoms with Crippen LogP contribution < -0.4 is 0 Å². The molecule has 0 aliphatic carbocycles. The van der Waals surface area contributed by atoms with Crippen molar-refractivity contribution < 1.29 is 14.0 Å². The topological polar surface area (TPSA) is 45.6 Å². The molecular weight excluding hydrogens is 465 g/mol. The molecule has 0 atom stereocenters. The van der Waals surface area contributed by atoms with Crippen LogP contribution in [0.4, 0.5) is 4.39 Å². The summed E-state index contributed by atoms with van der Waals surface area (Å²) in [6, 6.07) is 20.4. The molecule has 1 heterocycles. The molecule has 1 aromatic heterocycles. The van der Waals surface area contributed by atoms with Crippen LogP contribution in [0.1, 0.15) is 63.8 Å². The highest BCUT2D eigenvalue weighted by Crippen LogP contribution is 2.20. The van der Waals surface area contributed by atoms with E-state index >= 15 is 0 Å². The number of nitrogens with zero attached hydrogens (tertiary/aromatic N) is 3. The zero-order chi connectivity index (χ0) is 26.8. The SMILES string of the molecule is CCCCCN(CC(=O)N(Cc1ccccc1)Cc1cccn1Cc1ccc(F)cc1)C(=O)C(C)(C)C. The summed E-state index contributed by atoms with van der Waals surface area (Å²) in [7, 11) is 0. The van der Waals surface area contributed by atoms with Crippen molar-refractivity contribution >= 4 is 11.8 Å². The highest BCUT2D eigenvalue weighted by atomic mass is 19.1. The summed E-state index contributed by atoms with van der Waals surface area (Å²) >= 11 is 0. The number of unbranched alkanes of at least 4 members (excludes halogenated alkanes) is 2. The first-order chi connectivity index (χ1) is 17.7. The van der Waals surface area contributed by atoms with Crippen molar-refractivity contribution in [3.05, 3.63) is 95.6 Å². The molecule has 5 nitrogen and oxygen atoms in total. The third-order valence-corrected chi connectivity index (χ3v) is 6.40. The molecule has 0 fully saturated rings. The molecule has 0 aliphatic heterocycles. The summed E-state index contributed by atoms with van der Waals surface area (Å²) in [6.07, 6.45) is 4.93. The van der Waals surface area contributed by atoms with Gasteiger partial charge in [-0.15, -0.1) is 0 Å². The smallest absolute Gasteiger partial charge is 0.242 e. The summed E-state index contributed by atoms with van der Waals surface area (Å²) in [5.41, 5.74) is 2.44. The van der Waals surface area contributed by atoms with Crippen LogP contribution in [-0.2, 0) is 29.2 Å². The fraction of sp³-hybridized carbons (Fsp3) is 0.419. The number of benzene rings is 2. The first-order valence-electron chi connectivity index (χ1n) is 13.2. The second-order valence-electron chi connectivity index (χ2n) is 10.7. The van der Waals surface area contributed by atoms with Gasteiger partial charge < -0.3 is 14.4 Å². The first-order valence-corrected chi connectivity index (χ1v) is 13.2. The van der Waals surface area contributed by atoms with E-state index < -0.39 is 5.41 Å². The Hall–Kier alpha value is -3.41. The Morgan fingerprint density at radius 1 is 0.838 bits per heavy atom. The molecule has 3 rings (SSSR count). The molecule has 2 amide bonds. The van der Waals surface area contributed by atoms with E-state index in [2.05, 4.69) is 11.5 Å². The van der Waals surface area contributed by atoms with Crippen molar-refractivity contribution in [2.45, 2.75) is 66.6 Å². The second-order valence-corrected chi connectivity index (χ2v) is 10.7. The molecular formula is C31H40FN3O2. The number of halogens is 1. The first kappa shape index (κ1) is 28.2. The van der Waals surface area contributed by atoms with Crippen LogP contribution in [0.15, 0.2) is 72.9 Å². The largest absolute Gasteiger partial charge is 0.345 e. The van der Waals surface area contributed by atoms with Crippen LogP contribution in [0.25, 0.3) is 0 Å². The number of aromatic nitrogens is 1. The van der Waals surface area contributed by atoms with Gasteiger partial charge in [0.25, 0.3) is 0 Å². The Balaban J connectivity index is 1.82. The Morgan fingerprint density at radius 2 is 1.54 bits per heavy atom. The van der Waals surface area contributed by atoms with Gasteiger partial charge >= 0.3 is 0 Å². The van der Waals surface area contributed by atoms with Gasteiger partial charge in [0, 0.05) is 36.9 Å². The minimum Gasteiger partial charge on any atom is -0.345 e. The number of rotatable bonds is 12. The van der Waals surface area contributed by atoms with Crippen LogP contribution in [0.5, 0.6) is 0 Å². The zero-order valence-corrected chi connectivity index (χ0v) is 22.6. The van der Waals surface area contributed by atoms with Crippen molar-refractivity contribution in [2.75, 3.05) is 13.1 Å². The summed E-state index contributed by atoms with van der Waals surface area (Å²) in [5, 5.41) is 0. The highest BCUT2D eigenvalue weighted by molar-refractivity contribution is 5.87. The maximum absolute atomic E-state index is 13.7. The summed E-state index contributed by atoms with van der Waals surface area (Å²) in [4.78, 5) is 30.5. The van der Waals surface area contributed by atoms with Crippen molar-refractivity contribution in [3.63, 3.8) is 0 Å². The van der Waals surface area contributed by atoms with Crippen LogP contribution in [0.2, 0.25) is 0 Å². The Labute approximate surface area is 220 Å². The normalized spacial score (nSPS) is 11.4. The van der Waals surface area contributed by atoms with E-state index in [1.807, 2.05) is 74.3 Å². The van der Waals surface area contributed by atoms with E-state index in [-0.39, 0.29) is 24.2 Å². The average molecular weight is 506 g/mol. The fourth-order valence-electron chi connectivity index (χ4n) is 4.31. The lowest BCUT2D eigenvalue weighted by Crippen LogP contribution is -2.46. The lowest BCUT2D eigenvalue weighted by atomic mass is 9.94. The number of amides is 2. The number of hydrogen-bond acceptors (Lipinski definition) is 2. The molecule has 2 aromatic carbocycles. The molecule has 3 aromatic rings. The van der Waals surface area contributed by atoms with E-state index in [0.717, 1.165) is 36.1 Å². The van der Waals surface area contributed by atoms with Crippen LogP contribution in [0, 0.1) is 11.2 Å². The number of carbonyl (C=O) groups is 2. The van der Waals surface area contributed by atoms with E-state index in [1.165, 1.54) is 12.1 Å². The Bertz CT molecular complexity index is 1130. The van der Waals surface area contributed by atoms with Gasteiger partial charge in [-0.25, -0.2) is 4.39 Å². The van der Waals surface area contributed by atoms with Crippen molar-refractivity contribution in [1.82, 2.24) is 14.4 Å². The third-order valence-electron chi connectivity index (χ3n) is 6.40. The van der Waals surface area contributed by atoms with Gasteiger partial charge in [-0.2, -0.15) is 0 Å². The van der Waals surface area contributed by atoms with E-state index in [4.69, 9.17) is 0 Å². The molecule has 0 saturated heterocycles. The monoisotopic (exact) mass is 505 g/mol. The molecule has 0 radical (unpaired) electrons. The molecule has 0 N–H and O–H groups in total. The molecule has 198 valence electrons. The van der Waals surface area contributed by atoms with Crippen molar-refractivity contribution in [3.8, 4) is 0 Å². The van der Waals surface area contributed by atoms with Crippen LogP contribution >= 0.6 is 0 Å². The quantitative estimate of drug-likeness (QED) is 0.272. The van der Waals surface area contributed by atoms with Gasteiger partial charge in [0.05, 0.1) is 13.1 Å². The van der Waals surface area contributed by atoms with Crippen LogP contribution in [-0.4, -0.2) is 39.3 Å². The predicted octanol–water partition coefficient (Wildman–Crippen LogP) is 6.27.